The fourth-order valence-corrected chi connectivity index (χ4v) is 3.81. The van der Waals surface area contributed by atoms with Crippen LogP contribution in [0.4, 0.5) is 0 Å². The Morgan fingerprint density at radius 1 is 1.33 bits per heavy atom. The number of benzene rings is 1. The number of aromatic amines is 1. The highest BCUT2D eigenvalue weighted by Crippen LogP contribution is 2.17. The van der Waals surface area contributed by atoms with Gasteiger partial charge in [-0.1, -0.05) is 43.7 Å². The lowest BCUT2D eigenvalue weighted by atomic mass is 10.0. The number of nitrogens with zero attached hydrogens (tertiary/aromatic N) is 4. The van der Waals surface area contributed by atoms with E-state index < -0.39 is 0 Å². The molecule has 27 heavy (non-hydrogen) atoms. The van der Waals surface area contributed by atoms with Crippen molar-refractivity contribution in [2.75, 3.05) is 33.7 Å². The second-order valence-corrected chi connectivity index (χ2v) is 7.17. The van der Waals surface area contributed by atoms with E-state index >= 15 is 0 Å². The first-order valence-electron chi connectivity index (χ1n) is 9.96. The quantitative estimate of drug-likeness (QED) is 0.608. The fraction of sp³-hybridized carbons (Fsp3) is 0.524. The van der Waals surface area contributed by atoms with E-state index in [0.717, 1.165) is 36.1 Å². The van der Waals surface area contributed by atoms with Crippen LogP contribution in [0.3, 0.4) is 0 Å². The summed E-state index contributed by atoms with van der Waals surface area (Å²) in [5, 5.41) is 3.55. The Bertz CT molecular complexity index is 723. The summed E-state index contributed by atoms with van der Waals surface area (Å²) in [4.78, 5) is 17.1. The van der Waals surface area contributed by atoms with Crippen LogP contribution in [0.15, 0.2) is 41.5 Å². The number of aromatic nitrogens is 2. The van der Waals surface area contributed by atoms with Crippen molar-refractivity contribution >= 4 is 5.96 Å². The third-order valence-corrected chi connectivity index (χ3v) is 5.32. The average molecular weight is 369 g/mol. The summed E-state index contributed by atoms with van der Waals surface area (Å²) in [5.41, 5.74) is 2.20. The monoisotopic (exact) mass is 368 g/mol. The number of piperidine rings is 1. The summed E-state index contributed by atoms with van der Waals surface area (Å²) in [6, 6.07) is 10.9. The van der Waals surface area contributed by atoms with Gasteiger partial charge < -0.3 is 15.2 Å². The maximum atomic E-state index is 4.54. The van der Waals surface area contributed by atoms with Gasteiger partial charge in [0.05, 0.1) is 18.4 Å². The summed E-state index contributed by atoms with van der Waals surface area (Å²) >= 11 is 0. The van der Waals surface area contributed by atoms with Crippen molar-refractivity contribution in [1.82, 2.24) is 25.1 Å². The first-order valence-corrected chi connectivity index (χ1v) is 9.96. The normalized spacial score (nSPS) is 18.5. The number of guanidine groups is 1. The molecule has 1 fully saturated rings. The Balaban J connectivity index is 1.56. The van der Waals surface area contributed by atoms with Crippen molar-refractivity contribution in [2.45, 2.75) is 38.8 Å². The minimum absolute atomic E-state index is 0.599. The molecule has 2 heterocycles. The van der Waals surface area contributed by atoms with E-state index in [9.17, 15) is 0 Å². The highest BCUT2D eigenvalue weighted by Gasteiger charge is 2.21. The van der Waals surface area contributed by atoms with Crippen molar-refractivity contribution in [1.29, 1.82) is 0 Å². The Labute approximate surface area is 162 Å². The molecule has 0 radical (unpaired) electrons. The molecular weight excluding hydrogens is 336 g/mol. The van der Waals surface area contributed by atoms with Gasteiger partial charge in [-0.15, -0.1) is 0 Å². The van der Waals surface area contributed by atoms with E-state index in [1.165, 1.54) is 25.8 Å². The summed E-state index contributed by atoms with van der Waals surface area (Å²) in [7, 11) is 3.90. The Hall–Kier alpha value is -2.34. The molecule has 1 aromatic heterocycles. The molecule has 1 aliphatic heterocycles. The number of aliphatic imine (C=N–C) groups is 1. The Morgan fingerprint density at radius 3 is 2.89 bits per heavy atom. The zero-order valence-corrected chi connectivity index (χ0v) is 16.8. The molecule has 146 valence electrons. The Kier molecular flexibility index (Phi) is 6.87. The SMILES string of the molecule is CCN1CCCCC1CNC(=NC)N(C)Cc1ncc(-c2ccccc2)[nH]1. The predicted octanol–water partition coefficient (Wildman–Crippen LogP) is 2.96. The number of rotatable bonds is 6. The van der Waals surface area contributed by atoms with Gasteiger partial charge in [-0.25, -0.2) is 4.98 Å². The molecule has 0 spiro atoms. The van der Waals surface area contributed by atoms with Gasteiger partial charge in [0.15, 0.2) is 5.96 Å². The van der Waals surface area contributed by atoms with Gasteiger partial charge >= 0.3 is 0 Å². The summed E-state index contributed by atoms with van der Waals surface area (Å²) < 4.78 is 0. The van der Waals surface area contributed by atoms with E-state index in [-0.39, 0.29) is 0 Å². The zero-order chi connectivity index (χ0) is 19.1. The molecule has 0 saturated carbocycles. The van der Waals surface area contributed by atoms with Gasteiger partial charge in [-0.3, -0.25) is 9.89 Å². The standard InChI is InChI=1S/C21H32N6/c1-4-27-13-9-8-12-18(27)14-24-21(22-2)26(3)16-20-23-15-19(25-20)17-10-6-5-7-11-17/h5-7,10-11,15,18H,4,8-9,12-14,16H2,1-3H3,(H,22,24)(H,23,25). The average Bonchev–Trinajstić information content (AvgIpc) is 3.18. The maximum absolute atomic E-state index is 4.54. The topological polar surface area (TPSA) is 59.5 Å². The van der Waals surface area contributed by atoms with E-state index in [2.05, 4.69) is 56.2 Å². The minimum atomic E-state index is 0.599. The lowest BCUT2D eigenvalue weighted by Gasteiger charge is -2.35. The highest BCUT2D eigenvalue weighted by atomic mass is 15.3. The van der Waals surface area contributed by atoms with Crippen LogP contribution in [-0.4, -0.2) is 65.5 Å². The largest absolute Gasteiger partial charge is 0.355 e. The number of nitrogens with one attached hydrogen (secondary N) is 2. The van der Waals surface area contributed by atoms with Crippen molar-refractivity contribution in [2.24, 2.45) is 4.99 Å². The molecule has 2 N–H and O–H groups in total. The van der Waals surface area contributed by atoms with E-state index in [4.69, 9.17) is 0 Å². The summed E-state index contributed by atoms with van der Waals surface area (Å²) in [5.74, 6) is 1.85. The first kappa shape index (κ1) is 19.4. The molecular formula is C21H32N6. The molecule has 1 aromatic carbocycles. The van der Waals surface area contributed by atoms with E-state index in [0.29, 0.717) is 12.6 Å². The summed E-state index contributed by atoms with van der Waals surface area (Å²) in [6.07, 6.45) is 5.81. The van der Waals surface area contributed by atoms with Crippen LogP contribution in [0.5, 0.6) is 0 Å². The molecule has 0 bridgehead atoms. The maximum Gasteiger partial charge on any atom is 0.193 e. The van der Waals surface area contributed by atoms with Crippen molar-refractivity contribution in [3.8, 4) is 11.3 Å². The van der Waals surface area contributed by atoms with Crippen LogP contribution < -0.4 is 5.32 Å². The first-order chi connectivity index (χ1) is 13.2. The van der Waals surface area contributed by atoms with Crippen molar-refractivity contribution < 1.29 is 0 Å². The van der Waals surface area contributed by atoms with Crippen LogP contribution in [-0.2, 0) is 6.54 Å². The van der Waals surface area contributed by atoms with Gasteiger partial charge in [0.1, 0.15) is 5.82 Å². The second-order valence-electron chi connectivity index (χ2n) is 7.17. The van der Waals surface area contributed by atoms with Gasteiger partial charge in [-0.05, 0) is 31.5 Å². The van der Waals surface area contributed by atoms with Crippen LogP contribution in [0.1, 0.15) is 32.0 Å². The minimum Gasteiger partial charge on any atom is -0.355 e. The molecule has 1 aliphatic rings. The van der Waals surface area contributed by atoms with Crippen molar-refractivity contribution in [3.63, 3.8) is 0 Å². The number of hydrogen-bond acceptors (Lipinski definition) is 3. The molecule has 6 nitrogen and oxygen atoms in total. The van der Waals surface area contributed by atoms with Gasteiger partial charge in [0.25, 0.3) is 0 Å². The van der Waals surface area contributed by atoms with Crippen LogP contribution in [0.25, 0.3) is 11.3 Å². The zero-order valence-electron chi connectivity index (χ0n) is 16.8. The lowest BCUT2D eigenvalue weighted by molar-refractivity contribution is 0.156. The number of H-pyrrole nitrogens is 1. The highest BCUT2D eigenvalue weighted by molar-refractivity contribution is 5.79. The van der Waals surface area contributed by atoms with Crippen LogP contribution >= 0.6 is 0 Å². The fourth-order valence-electron chi connectivity index (χ4n) is 3.81. The van der Waals surface area contributed by atoms with Crippen LogP contribution in [0, 0.1) is 0 Å². The molecule has 6 heteroatoms. The smallest absolute Gasteiger partial charge is 0.193 e. The third-order valence-electron chi connectivity index (χ3n) is 5.32. The molecule has 2 aromatic rings. The lowest BCUT2D eigenvalue weighted by Crippen LogP contribution is -2.49. The van der Waals surface area contributed by atoms with Gasteiger partial charge in [0.2, 0.25) is 0 Å². The van der Waals surface area contributed by atoms with Crippen molar-refractivity contribution in [3.05, 3.63) is 42.4 Å². The molecule has 1 atom stereocenters. The van der Waals surface area contributed by atoms with E-state index in [1.54, 1.807) is 0 Å². The number of likely N-dealkylation sites (N-methyl/N-ethyl adjacent to an activating group) is 1. The summed E-state index contributed by atoms with van der Waals surface area (Å²) in [6.45, 7) is 6.22. The van der Waals surface area contributed by atoms with Gasteiger partial charge in [0, 0.05) is 26.7 Å². The van der Waals surface area contributed by atoms with Crippen LogP contribution in [0.2, 0.25) is 0 Å². The Morgan fingerprint density at radius 2 is 2.15 bits per heavy atom. The molecule has 0 aliphatic carbocycles. The second kappa shape index (κ2) is 9.55. The number of likely N-dealkylation sites (tertiary alicyclic amines) is 1. The number of hydrogen-bond donors (Lipinski definition) is 2. The van der Waals surface area contributed by atoms with E-state index in [1.807, 2.05) is 31.4 Å². The predicted molar refractivity (Wildman–Crippen MR) is 112 cm³/mol. The number of imidazole rings is 1. The molecule has 1 unspecified atom stereocenters. The molecule has 3 rings (SSSR count). The molecule has 1 saturated heterocycles. The molecule has 0 amide bonds. The third kappa shape index (κ3) is 5.10. The van der Waals surface area contributed by atoms with Gasteiger partial charge in [-0.2, -0.15) is 0 Å².